The van der Waals surface area contributed by atoms with E-state index >= 15 is 0 Å². The van der Waals surface area contributed by atoms with E-state index < -0.39 is 17.8 Å². The molecule has 1 amide bonds. The molecule has 8 heteroatoms. The van der Waals surface area contributed by atoms with Crippen molar-refractivity contribution in [2.45, 2.75) is 58.8 Å². The number of pyridine rings is 1. The van der Waals surface area contributed by atoms with Crippen molar-refractivity contribution in [2.75, 3.05) is 25.1 Å². The van der Waals surface area contributed by atoms with Crippen molar-refractivity contribution in [3.05, 3.63) is 70.3 Å². The van der Waals surface area contributed by atoms with E-state index in [2.05, 4.69) is 11.0 Å². The van der Waals surface area contributed by atoms with E-state index in [0.717, 1.165) is 53.1 Å². The zero-order valence-electron chi connectivity index (χ0n) is 22.1. The number of halogens is 3. The van der Waals surface area contributed by atoms with E-state index in [9.17, 15) is 18.0 Å². The lowest BCUT2D eigenvalue weighted by Crippen LogP contribution is -2.33. The summed E-state index contributed by atoms with van der Waals surface area (Å²) in [5.41, 5.74) is 3.06. The van der Waals surface area contributed by atoms with Crippen molar-refractivity contribution in [1.82, 2.24) is 9.88 Å². The minimum absolute atomic E-state index is 0.00597. The molecule has 5 nitrogen and oxygen atoms in total. The highest BCUT2D eigenvalue weighted by molar-refractivity contribution is 5.85. The van der Waals surface area contributed by atoms with Crippen LogP contribution in [0.5, 0.6) is 0 Å². The first-order valence-electron chi connectivity index (χ1n) is 13.3. The van der Waals surface area contributed by atoms with Gasteiger partial charge in [0.2, 0.25) is 0 Å². The fourth-order valence-corrected chi connectivity index (χ4v) is 5.10. The predicted octanol–water partition coefficient (Wildman–Crippen LogP) is 7.27. The molecule has 0 bridgehead atoms. The van der Waals surface area contributed by atoms with Gasteiger partial charge in [-0.05, 0) is 80.7 Å². The van der Waals surface area contributed by atoms with E-state index in [1.54, 1.807) is 13.0 Å². The zero-order valence-corrected chi connectivity index (χ0v) is 22.1. The molecule has 0 saturated heterocycles. The van der Waals surface area contributed by atoms with Crippen molar-refractivity contribution in [2.24, 2.45) is 11.8 Å². The molecule has 0 unspecified atom stereocenters. The quantitative estimate of drug-likeness (QED) is 0.295. The van der Waals surface area contributed by atoms with Crippen molar-refractivity contribution >= 4 is 22.8 Å². The normalized spacial score (nSPS) is 15.5. The van der Waals surface area contributed by atoms with Gasteiger partial charge < -0.3 is 9.64 Å². The van der Waals surface area contributed by atoms with Gasteiger partial charge in [0.1, 0.15) is 5.82 Å². The number of carbonyl (C=O) groups excluding carboxylic acids is 1. The van der Waals surface area contributed by atoms with Crippen LogP contribution in [0, 0.1) is 25.7 Å². The van der Waals surface area contributed by atoms with Crippen LogP contribution in [-0.2, 0) is 24.0 Å². The van der Waals surface area contributed by atoms with Gasteiger partial charge in [0.15, 0.2) is 0 Å². The van der Waals surface area contributed by atoms with Gasteiger partial charge in [-0.1, -0.05) is 29.8 Å². The molecule has 0 radical (unpaired) electrons. The number of methoxy groups -OCH3 is 1. The number of aryl methyl sites for hydroxylation is 2. The number of hydrogen-bond donors (Lipinski definition) is 0. The summed E-state index contributed by atoms with van der Waals surface area (Å²) < 4.78 is 45.5. The number of amides is 1. The van der Waals surface area contributed by atoms with Crippen molar-refractivity contribution in [3.8, 4) is 0 Å². The van der Waals surface area contributed by atoms with Crippen LogP contribution in [0.1, 0.15) is 53.5 Å². The number of anilines is 1. The first kappa shape index (κ1) is 26.3. The second-order valence-corrected chi connectivity index (χ2v) is 10.9. The Hall–Kier alpha value is -3.29. The summed E-state index contributed by atoms with van der Waals surface area (Å²) in [5, 5.41) is 0.973. The Morgan fingerprint density at radius 1 is 1.00 bits per heavy atom. The zero-order chi connectivity index (χ0) is 27.0. The molecule has 0 atom stereocenters. The molecule has 2 aromatic carbocycles. The van der Waals surface area contributed by atoms with Crippen molar-refractivity contribution < 1.29 is 22.7 Å². The van der Waals surface area contributed by atoms with Gasteiger partial charge in [-0.15, -0.1) is 0 Å². The third-order valence-electron chi connectivity index (χ3n) is 7.39. The second-order valence-electron chi connectivity index (χ2n) is 10.9. The smallest absolute Gasteiger partial charge is 0.416 e. The van der Waals surface area contributed by atoms with E-state index in [4.69, 9.17) is 9.72 Å². The average molecular weight is 526 g/mol. The predicted molar refractivity (Wildman–Crippen MR) is 142 cm³/mol. The summed E-state index contributed by atoms with van der Waals surface area (Å²) in [6, 6.07) is 12.0. The lowest BCUT2D eigenvalue weighted by atomic mass is 10.0. The number of rotatable bonds is 9. The summed E-state index contributed by atoms with van der Waals surface area (Å²) in [7, 11) is 1.29. The highest BCUT2D eigenvalue weighted by Crippen LogP contribution is 2.38. The molecule has 38 heavy (non-hydrogen) atoms. The van der Waals surface area contributed by atoms with E-state index in [-0.39, 0.29) is 13.1 Å². The van der Waals surface area contributed by atoms with E-state index in [1.165, 1.54) is 37.7 Å². The number of nitrogens with zero attached hydrogens (tertiary/aromatic N) is 3. The maximum absolute atomic E-state index is 13.5. The molecular formula is C30H34F3N3O2. The summed E-state index contributed by atoms with van der Waals surface area (Å²) in [6.07, 6.45) is -0.195. The minimum atomic E-state index is -4.46. The topological polar surface area (TPSA) is 45.7 Å². The van der Waals surface area contributed by atoms with Crippen LogP contribution in [0.3, 0.4) is 0 Å². The van der Waals surface area contributed by atoms with Gasteiger partial charge in [0.25, 0.3) is 0 Å². The fraction of sp³-hybridized carbons (Fsp3) is 0.467. The molecule has 2 aliphatic rings. The molecule has 0 spiro atoms. The maximum Gasteiger partial charge on any atom is 0.416 e. The van der Waals surface area contributed by atoms with Crippen molar-refractivity contribution in [3.63, 3.8) is 0 Å². The van der Waals surface area contributed by atoms with Gasteiger partial charge in [0, 0.05) is 30.6 Å². The maximum atomic E-state index is 13.5. The van der Waals surface area contributed by atoms with E-state index in [0.29, 0.717) is 23.0 Å². The molecule has 1 aromatic heterocycles. The molecule has 202 valence electrons. The van der Waals surface area contributed by atoms with Crippen LogP contribution in [0.15, 0.2) is 42.5 Å². The van der Waals surface area contributed by atoms with Crippen LogP contribution in [-0.4, -0.2) is 36.2 Å². The van der Waals surface area contributed by atoms with Crippen LogP contribution in [0.2, 0.25) is 0 Å². The Morgan fingerprint density at radius 2 is 1.68 bits per heavy atom. The highest BCUT2D eigenvalue weighted by Gasteiger charge is 2.33. The van der Waals surface area contributed by atoms with Crippen LogP contribution in [0.25, 0.3) is 10.9 Å². The third kappa shape index (κ3) is 6.22. The number of hydrogen-bond acceptors (Lipinski definition) is 4. The number of fused-ring (bicyclic) bond motifs is 1. The number of carbonyl (C=O) groups is 1. The summed E-state index contributed by atoms with van der Waals surface area (Å²) in [4.78, 5) is 21.9. The minimum Gasteiger partial charge on any atom is -0.453 e. The second kappa shape index (κ2) is 10.5. The summed E-state index contributed by atoms with van der Waals surface area (Å²) >= 11 is 0. The van der Waals surface area contributed by atoms with Crippen molar-refractivity contribution in [1.29, 1.82) is 0 Å². The molecule has 1 heterocycles. The van der Waals surface area contributed by atoms with Gasteiger partial charge >= 0.3 is 12.3 Å². The van der Waals surface area contributed by atoms with Crippen LogP contribution >= 0.6 is 0 Å². The molecule has 2 fully saturated rings. The van der Waals surface area contributed by atoms with Crippen LogP contribution in [0.4, 0.5) is 23.8 Å². The summed E-state index contributed by atoms with van der Waals surface area (Å²) in [6.45, 7) is 5.70. The Balaban J connectivity index is 1.53. The first-order chi connectivity index (χ1) is 18.1. The molecule has 5 rings (SSSR count). The number of benzene rings is 2. The fourth-order valence-electron chi connectivity index (χ4n) is 5.10. The number of alkyl halides is 3. The summed E-state index contributed by atoms with van der Waals surface area (Å²) in [5.74, 6) is 2.17. The Labute approximate surface area is 221 Å². The largest absolute Gasteiger partial charge is 0.453 e. The van der Waals surface area contributed by atoms with Gasteiger partial charge in [-0.25, -0.2) is 9.78 Å². The van der Waals surface area contributed by atoms with Gasteiger partial charge in [-0.3, -0.25) is 4.90 Å². The van der Waals surface area contributed by atoms with Crippen LogP contribution < -0.4 is 4.90 Å². The molecular weight excluding hydrogens is 491 g/mol. The molecule has 2 saturated carbocycles. The SMILES string of the molecule is COC(=O)N(Cc1cc(C)cc(C(F)(F)F)c1)Cc1cc2cccc(C)c2nc1N(CC1CC1)CC1CC1. The lowest BCUT2D eigenvalue weighted by molar-refractivity contribution is -0.137. The molecule has 0 N–H and O–H groups in total. The number of para-hydroxylation sites is 1. The molecule has 2 aliphatic carbocycles. The number of aromatic nitrogens is 1. The standard InChI is InChI=1S/C30H34F3N3O2/c1-19-11-23(13-26(12-19)30(31,32)33)17-36(29(37)38-3)18-25-14-24-6-4-5-20(2)27(24)34-28(25)35(15-21-7-8-21)16-22-9-10-22/h4-6,11-14,21-22H,7-10,15-18H2,1-3H3. The Morgan fingerprint density at radius 3 is 2.29 bits per heavy atom. The first-order valence-corrected chi connectivity index (χ1v) is 13.3. The lowest BCUT2D eigenvalue weighted by Gasteiger charge is -2.29. The van der Waals surface area contributed by atoms with Gasteiger partial charge in [0.05, 0.1) is 24.7 Å². The Bertz CT molecular complexity index is 1320. The van der Waals surface area contributed by atoms with E-state index in [1.807, 2.05) is 25.1 Å². The third-order valence-corrected chi connectivity index (χ3v) is 7.39. The monoisotopic (exact) mass is 525 g/mol. The average Bonchev–Trinajstić information content (AvgIpc) is 3.79. The highest BCUT2D eigenvalue weighted by atomic mass is 19.4. The van der Waals surface area contributed by atoms with Gasteiger partial charge in [-0.2, -0.15) is 13.2 Å². The Kier molecular flexibility index (Phi) is 7.25. The molecule has 3 aromatic rings. The number of ether oxygens (including phenoxy) is 1. The molecule has 0 aliphatic heterocycles.